The van der Waals surface area contributed by atoms with Crippen LogP contribution in [0.1, 0.15) is 37.1 Å². The van der Waals surface area contributed by atoms with E-state index in [9.17, 15) is 13.6 Å². The van der Waals surface area contributed by atoms with E-state index in [0.717, 1.165) is 36.1 Å². The Kier molecular flexibility index (Phi) is 5.32. The number of ether oxygens (including phenoxy) is 1. The fraction of sp³-hybridized carbons (Fsp3) is 0.250. The molecule has 8 heteroatoms. The van der Waals surface area contributed by atoms with Crippen molar-refractivity contribution in [2.45, 2.75) is 38.7 Å². The summed E-state index contributed by atoms with van der Waals surface area (Å²) in [5, 5.41) is 0. The van der Waals surface area contributed by atoms with Gasteiger partial charge in [-0.3, -0.25) is 9.36 Å². The number of halogens is 2. The van der Waals surface area contributed by atoms with Crippen molar-refractivity contribution in [1.29, 1.82) is 0 Å². The van der Waals surface area contributed by atoms with E-state index >= 15 is 0 Å². The molecule has 6 nitrogen and oxygen atoms in total. The fourth-order valence-corrected chi connectivity index (χ4v) is 4.79. The van der Waals surface area contributed by atoms with Crippen molar-refractivity contribution in [1.82, 2.24) is 19.1 Å². The number of alkyl halides is 2. The van der Waals surface area contributed by atoms with E-state index < -0.39 is 6.61 Å². The highest BCUT2D eigenvalue weighted by atomic mass is 19.3. The molecule has 182 valence electrons. The molecule has 0 amide bonds. The first-order valence-electron chi connectivity index (χ1n) is 12.0. The van der Waals surface area contributed by atoms with Gasteiger partial charge in [0, 0.05) is 24.7 Å². The first-order valence-corrected chi connectivity index (χ1v) is 12.0. The van der Waals surface area contributed by atoms with E-state index in [1.807, 2.05) is 41.9 Å². The third-order valence-corrected chi connectivity index (χ3v) is 6.81. The van der Waals surface area contributed by atoms with Crippen molar-refractivity contribution in [3.05, 3.63) is 82.4 Å². The third kappa shape index (κ3) is 3.82. The molecule has 0 saturated heterocycles. The number of aryl methyl sites for hydroxylation is 2. The minimum atomic E-state index is -2.91. The van der Waals surface area contributed by atoms with Crippen molar-refractivity contribution in [3.63, 3.8) is 0 Å². The van der Waals surface area contributed by atoms with Crippen LogP contribution in [-0.4, -0.2) is 25.7 Å². The minimum absolute atomic E-state index is 0.0347. The number of rotatable bonds is 6. The Morgan fingerprint density at radius 2 is 1.69 bits per heavy atom. The molecule has 3 aromatic carbocycles. The lowest BCUT2D eigenvalue weighted by Crippen LogP contribution is -2.22. The maximum absolute atomic E-state index is 14.0. The van der Waals surface area contributed by atoms with E-state index in [1.54, 1.807) is 16.7 Å². The van der Waals surface area contributed by atoms with Gasteiger partial charge in [-0.15, -0.1) is 0 Å². The highest BCUT2D eigenvalue weighted by Crippen LogP contribution is 2.41. The largest absolute Gasteiger partial charge is 0.435 e. The average molecular weight is 487 g/mol. The van der Waals surface area contributed by atoms with E-state index in [-0.39, 0.29) is 11.3 Å². The van der Waals surface area contributed by atoms with Crippen molar-refractivity contribution in [3.8, 4) is 22.7 Å². The number of fused-ring (bicyclic) bond motifs is 2. The molecule has 2 heterocycles. The summed E-state index contributed by atoms with van der Waals surface area (Å²) < 4.78 is 33.4. The smallest absolute Gasteiger partial charge is 0.387 e. The zero-order chi connectivity index (χ0) is 25.0. The quantitative estimate of drug-likeness (QED) is 0.296. The molecule has 0 spiro atoms. The van der Waals surface area contributed by atoms with E-state index in [4.69, 9.17) is 4.98 Å². The molecule has 36 heavy (non-hydrogen) atoms. The van der Waals surface area contributed by atoms with E-state index in [0.29, 0.717) is 33.9 Å². The lowest BCUT2D eigenvalue weighted by Gasteiger charge is -2.14. The molecule has 1 aliphatic carbocycles. The Labute approximate surface area is 205 Å². The highest BCUT2D eigenvalue weighted by molar-refractivity contribution is 5.85. The Hall–Kier alpha value is -4.07. The molecule has 1 aliphatic rings. The highest BCUT2D eigenvalue weighted by Gasteiger charge is 2.25. The monoisotopic (exact) mass is 486 g/mol. The summed E-state index contributed by atoms with van der Waals surface area (Å²) in [6.45, 7) is -0.859. The second-order valence-electron chi connectivity index (χ2n) is 9.14. The Bertz CT molecular complexity index is 1670. The molecular formula is C28H24F2N4O2. The van der Waals surface area contributed by atoms with Gasteiger partial charge in [0.25, 0.3) is 5.56 Å². The maximum atomic E-state index is 14.0. The predicted octanol–water partition coefficient (Wildman–Crippen LogP) is 5.98. The Morgan fingerprint density at radius 3 is 2.39 bits per heavy atom. The summed E-state index contributed by atoms with van der Waals surface area (Å²) in [5.74, 6) is 1.50. The molecule has 0 N–H and O–H groups in total. The van der Waals surface area contributed by atoms with Gasteiger partial charge in [-0.1, -0.05) is 19.1 Å². The summed E-state index contributed by atoms with van der Waals surface area (Å²) in [7, 11) is 1.96. The Morgan fingerprint density at radius 1 is 0.972 bits per heavy atom. The fourth-order valence-electron chi connectivity index (χ4n) is 4.79. The van der Waals surface area contributed by atoms with Crippen LogP contribution < -0.4 is 10.3 Å². The van der Waals surface area contributed by atoms with Crippen LogP contribution in [0.5, 0.6) is 5.75 Å². The molecule has 0 unspecified atom stereocenters. The van der Waals surface area contributed by atoms with Gasteiger partial charge < -0.3 is 9.30 Å². The second kappa shape index (κ2) is 8.55. The first-order chi connectivity index (χ1) is 17.4. The predicted molar refractivity (Wildman–Crippen MR) is 135 cm³/mol. The standard InChI is InChI=1S/C28H24F2N4O2/c1-3-25-31-21-13-7-18(15-23(21)33(25)2)26-27(35)34(19-8-10-20(11-9-19)36-28(29)30)24-14-17(16-4-5-16)6-12-22(24)32-26/h6-16,28H,3-5H2,1-2H3. The molecule has 1 saturated carbocycles. The van der Waals surface area contributed by atoms with Gasteiger partial charge in [-0.05, 0) is 72.9 Å². The van der Waals surface area contributed by atoms with Gasteiger partial charge in [-0.2, -0.15) is 8.78 Å². The average Bonchev–Trinajstić information content (AvgIpc) is 3.67. The topological polar surface area (TPSA) is 61.9 Å². The van der Waals surface area contributed by atoms with Crippen LogP contribution in [0.25, 0.3) is 39.0 Å². The van der Waals surface area contributed by atoms with Gasteiger partial charge >= 0.3 is 6.61 Å². The first kappa shape index (κ1) is 22.4. The second-order valence-corrected chi connectivity index (χ2v) is 9.14. The van der Waals surface area contributed by atoms with Gasteiger partial charge in [-0.25, -0.2) is 9.97 Å². The van der Waals surface area contributed by atoms with Crippen molar-refractivity contribution in [2.24, 2.45) is 7.05 Å². The number of aromatic nitrogens is 4. The van der Waals surface area contributed by atoms with Crippen LogP contribution >= 0.6 is 0 Å². The normalized spacial score (nSPS) is 13.7. The lowest BCUT2D eigenvalue weighted by atomic mass is 10.1. The maximum Gasteiger partial charge on any atom is 0.387 e. The zero-order valence-electron chi connectivity index (χ0n) is 19.9. The number of nitrogens with zero attached hydrogens (tertiary/aromatic N) is 4. The zero-order valence-corrected chi connectivity index (χ0v) is 19.9. The number of hydrogen-bond donors (Lipinski definition) is 0. The molecule has 2 aromatic heterocycles. The third-order valence-electron chi connectivity index (χ3n) is 6.81. The summed E-state index contributed by atoms with van der Waals surface area (Å²) in [4.78, 5) is 23.4. The minimum Gasteiger partial charge on any atom is -0.435 e. The van der Waals surface area contributed by atoms with Gasteiger partial charge in [0.2, 0.25) is 0 Å². The van der Waals surface area contributed by atoms with Gasteiger partial charge in [0.15, 0.2) is 0 Å². The summed E-state index contributed by atoms with van der Waals surface area (Å²) >= 11 is 0. The van der Waals surface area contributed by atoms with Crippen molar-refractivity contribution < 1.29 is 13.5 Å². The van der Waals surface area contributed by atoms with E-state index in [2.05, 4.69) is 22.7 Å². The van der Waals surface area contributed by atoms with Crippen LogP contribution in [-0.2, 0) is 13.5 Å². The van der Waals surface area contributed by atoms with Crippen LogP contribution in [0.4, 0.5) is 8.78 Å². The molecule has 0 atom stereocenters. The van der Waals surface area contributed by atoms with Crippen LogP contribution in [0, 0.1) is 0 Å². The van der Waals surface area contributed by atoms with E-state index in [1.165, 1.54) is 17.7 Å². The lowest BCUT2D eigenvalue weighted by molar-refractivity contribution is -0.0498. The van der Waals surface area contributed by atoms with Gasteiger partial charge in [0.1, 0.15) is 17.3 Å². The molecule has 0 aliphatic heterocycles. The molecule has 5 aromatic rings. The number of benzene rings is 3. The summed E-state index contributed by atoms with van der Waals surface area (Å²) in [6.07, 6.45) is 3.06. The molecule has 6 rings (SSSR count). The van der Waals surface area contributed by atoms with Gasteiger partial charge in [0.05, 0.1) is 22.1 Å². The molecular weight excluding hydrogens is 462 g/mol. The summed E-state index contributed by atoms with van der Waals surface area (Å²) in [6, 6.07) is 17.9. The molecule has 0 bridgehead atoms. The number of imidazole rings is 1. The van der Waals surface area contributed by atoms with Crippen LogP contribution in [0.3, 0.4) is 0 Å². The molecule has 1 fully saturated rings. The van der Waals surface area contributed by atoms with Crippen LogP contribution in [0.15, 0.2) is 65.5 Å². The SMILES string of the molecule is CCc1nc2ccc(-c3nc4ccc(C5CC5)cc4n(-c4ccc(OC(F)F)cc4)c3=O)cc2n1C. The van der Waals surface area contributed by atoms with Crippen molar-refractivity contribution in [2.75, 3.05) is 0 Å². The molecule has 0 radical (unpaired) electrons. The van der Waals surface area contributed by atoms with Crippen molar-refractivity contribution >= 4 is 22.1 Å². The summed E-state index contributed by atoms with van der Waals surface area (Å²) in [5.41, 5.74) is 5.61. The Balaban J connectivity index is 1.57. The number of hydrogen-bond acceptors (Lipinski definition) is 4. The van der Waals surface area contributed by atoms with Crippen LogP contribution in [0.2, 0.25) is 0 Å².